The summed E-state index contributed by atoms with van der Waals surface area (Å²) in [4.78, 5) is 0. The Bertz CT molecular complexity index is 160. The van der Waals surface area contributed by atoms with Crippen molar-refractivity contribution in [2.24, 2.45) is 0 Å². The molecule has 0 spiro atoms. The third-order valence-electron chi connectivity index (χ3n) is 1.54. The van der Waals surface area contributed by atoms with E-state index in [0.29, 0.717) is 6.10 Å². The van der Waals surface area contributed by atoms with Gasteiger partial charge in [-0.1, -0.05) is 6.92 Å². The van der Waals surface area contributed by atoms with Gasteiger partial charge in [0, 0.05) is 6.16 Å². The Labute approximate surface area is 67.1 Å². The summed E-state index contributed by atoms with van der Waals surface area (Å²) in [7, 11) is 0. The highest BCUT2D eigenvalue weighted by Gasteiger charge is 2.24. The van der Waals surface area contributed by atoms with E-state index in [4.69, 9.17) is 20.9 Å². The first-order valence-corrected chi connectivity index (χ1v) is 6.40. The molecule has 1 aliphatic rings. The second-order valence-electron chi connectivity index (χ2n) is 2.47. The van der Waals surface area contributed by atoms with E-state index in [0.717, 1.165) is 19.2 Å². The first kappa shape index (κ1) is 8.66. The molecule has 0 saturated carbocycles. The van der Waals surface area contributed by atoms with Crippen LogP contribution in [0.3, 0.4) is 0 Å². The lowest BCUT2D eigenvalue weighted by Crippen LogP contribution is -2.17. The Morgan fingerprint density at radius 2 is 2.40 bits per heavy atom. The van der Waals surface area contributed by atoms with Gasteiger partial charge in [-0.15, -0.1) is 0 Å². The predicted octanol–water partition coefficient (Wildman–Crippen LogP) is 2.14. The van der Waals surface area contributed by atoms with Crippen molar-refractivity contribution in [3.05, 3.63) is 0 Å². The van der Waals surface area contributed by atoms with Crippen LogP contribution in [0.5, 0.6) is 0 Å². The minimum Gasteiger partial charge on any atom is -0.329 e. The zero-order valence-electron chi connectivity index (χ0n) is 6.37. The summed E-state index contributed by atoms with van der Waals surface area (Å²) < 4.78 is 10.9. The molecule has 0 aromatic rings. The Kier molecular flexibility index (Phi) is 2.87. The highest BCUT2D eigenvalue weighted by Crippen LogP contribution is 2.52. The van der Waals surface area contributed by atoms with Gasteiger partial charge in [0.25, 0.3) is 0 Å². The Morgan fingerprint density at radius 3 is 2.80 bits per heavy atom. The largest absolute Gasteiger partial charge is 0.329 e. The molecule has 2 nitrogen and oxygen atoms in total. The maximum absolute atomic E-state index is 5.53. The molecule has 4 heteroatoms. The summed E-state index contributed by atoms with van der Waals surface area (Å²) in [5, 5.41) is 0. The molecule has 0 bridgehead atoms. The van der Waals surface area contributed by atoms with Crippen LogP contribution in [-0.2, 0) is 20.9 Å². The smallest absolute Gasteiger partial charge is 0.188 e. The standard InChI is InChI=1S/C6H13O2PS/c1-3-9(10)7-5-4-6(2)8-9/h6H,3-5H2,1-2H3. The molecule has 0 radical (unpaired) electrons. The third kappa shape index (κ3) is 2.03. The second kappa shape index (κ2) is 3.31. The zero-order chi connectivity index (χ0) is 7.61. The number of hydrogen-bond donors (Lipinski definition) is 0. The molecule has 1 heterocycles. The molecule has 1 fully saturated rings. The minimum atomic E-state index is -1.82. The molecule has 2 atom stereocenters. The van der Waals surface area contributed by atoms with E-state index in [-0.39, 0.29) is 0 Å². The minimum absolute atomic E-state index is 0.305. The Hall–Kier alpha value is 0.570. The average molecular weight is 180 g/mol. The van der Waals surface area contributed by atoms with Gasteiger partial charge in [0.15, 0.2) is 6.49 Å². The van der Waals surface area contributed by atoms with Crippen molar-refractivity contribution in [2.45, 2.75) is 26.4 Å². The first-order chi connectivity index (χ1) is 4.66. The van der Waals surface area contributed by atoms with E-state index >= 15 is 0 Å². The third-order valence-corrected chi connectivity index (χ3v) is 4.92. The molecule has 0 N–H and O–H groups in total. The fraction of sp³-hybridized carbons (Fsp3) is 1.00. The molecular weight excluding hydrogens is 167 g/mol. The zero-order valence-corrected chi connectivity index (χ0v) is 8.08. The van der Waals surface area contributed by atoms with Crippen LogP contribution in [0.2, 0.25) is 0 Å². The van der Waals surface area contributed by atoms with E-state index in [9.17, 15) is 0 Å². The first-order valence-electron chi connectivity index (χ1n) is 3.58. The Balaban J connectivity index is 2.54. The van der Waals surface area contributed by atoms with E-state index in [1.807, 2.05) is 6.92 Å². The fourth-order valence-corrected chi connectivity index (χ4v) is 2.98. The highest BCUT2D eigenvalue weighted by molar-refractivity contribution is 8.09. The lowest BCUT2D eigenvalue weighted by Gasteiger charge is -2.29. The molecule has 1 aliphatic heterocycles. The number of hydrogen-bond acceptors (Lipinski definition) is 3. The van der Waals surface area contributed by atoms with Crippen molar-refractivity contribution in [3.8, 4) is 0 Å². The van der Waals surface area contributed by atoms with Crippen molar-refractivity contribution in [2.75, 3.05) is 12.8 Å². The summed E-state index contributed by atoms with van der Waals surface area (Å²) in [6, 6.07) is 0. The van der Waals surface area contributed by atoms with E-state index in [1.54, 1.807) is 0 Å². The van der Waals surface area contributed by atoms with Crippen molar-refractivity contribution >= 4 is 18.3 Å². The van der Waals surface area contributed by atoms with Crippen LogP contribution in [-0.4, -0.2) is 18.9 Å². The van der Waals surface area contributed by atoms with Crippen LogP contribution in [0.25, 0.3) is 0 Å². The van der Waals surface area contributed by atoms with Gasteiger partial charge < -0.3 is 9.05 Å². The van der Waals surface area contributed by atoms with E-state index < -0.39 is 6.49 Å². The predicted molar refractivity (Wildman–Crippen MR) is 45.9 cm³/mol. The van der Waals surface area contributed by atoms with Crippen molar-refractivity contribution in [3.63, 3.8) is 0 Å². The van der Waals surface area contributed by atoms with Crippen molar-refractivity contribution < 1.29 is 9.05 Å². The van der Waals surface area contributed by atoms with Gasteiger partial charge in [-0.2, -0.15) is 0 Å². The normalized spacial score (nSPS) is 41.6. The van der Waals surface area contributed by atoms with Gasteiger partial charge in [-0.25, -0.2) is 0 Å². The molecule has 0 aromatic carbocycles. The molecule has 60 valence electrons. The molecule has 1 saturated heterocycles. The lowest BCUT2D eigenvalue weighted by molar-refractivity contribution is 0.119. The monoisotopic (exact) mass is 180 g/mol. The van der Waals surface area contributed by atoms with Gasteiger partial charge in [0.1, 0.15) is 0 Å². The summed E-state index contributed by atoms with van der Waals surface area (Å²) in [5.74, 6) is 0. The molecule has 1 rings (SSSR count). The molecule has 10 heavy (non-hydrogen) atoms. The maximum atomic E-state index is 5.53. The SMILES string of the molecule is CCP1(=S)OCCC(C)O1. The molecule has 2 unspecified atom stereocenters. The maximum Gasteiger partial charge on any atom is 0.188 e. The molecule has 0 amide bonds. The highest BCUT2D eigenvalue weighted by atomic mass is 32.5. The van der Waals surface area contributed by atoms with Gasteiger partial charge in [0.05, 0.1) is 12.7 Å². The fourth-order valence-electron chi connectivity index (χ4n) is 0.881. The molecular formula is C6H13O2PS. The van der Waals surface area contributed by atoms with Crippen LogP contribution in [0.4, 0.5) is 0 Å². The average Bonchev–Trinajstić information content (AvgIpc) is 1.88. The van der Waals surface area contributed by atoms with Gasteiger partial charge in [-0.3, -0.25) is 0 Å². The van der Waals surface area contributed by atoms with Crippen molar-refractivity contribution in [1.82, 2.24) is 0 Å². The van der Waals surface area contributed by atoms with E-state index in [2.05, 4.69) is 6.92 Å². The summed E-state index contributed by atoms with van der Waals surface area (Å²) >= 11 is 5.20. The van der Waals surface area contributed by atoms with Gasteiger partial charge in [0.2, 0.25) is 0 Å². The Morgan fingerprint density at radius 1 is 1.70 bits per heavy atom. The topological polar surface area (TPSA) is 18.5 Å². The summed E-state index contributed by atoms with van der Waals surface area (Å²) in [6.45, 7) is 3.05. The van der Waals surface area contributed by atoms with Gasteiger partial charge in [-0.05, 0) is 25.2 Å². The summed E-state index contributed by atoms with van der Waals surface area (Å²) in [6.07, 6.45) is 2.14. The van der Waals surface area contributed by atoms with Crippen LogP contribution >= 0.6 is 6.49 Å². The van der Waals surface area contributed by atoms with Crippen LogP contribution in [0, 0.1) is 0 Å². The van der Waals surface area contributed by atoms with Gasteiger partial charge >= 0.3 is 0 Å². The van der Waals surface area contributed by atoms with Crippen LogP contribution in [0.1, 0.15) is 20.3 Å². The van der Waals surface area contributed by atoms with E-state index in [1.165, 1.54) is 0 Å². The molecule has 0 aromatic heterocycles. The van der Waals surface area contributed by atoms with Crippen LogP contribution < -0.4 is 0 Å². The quantitative estimate of drug-likeness (QED) is 0.576. The summed E-state index contributed by atoms with van der Waals surface area (Å²) in [5.41, 5.74) is 0. The number of rotatable bonds is 1. The second-order valence-corrected chi connectivity index (χ2v) is 6.46. The van der Waals surface area contributed by atoms with Crippen LogP contribution in [0.15, 0.2) is 0 Å². The molecule has 0 aliphatic carbocycles. The van der Waals surface area contributed by atoms with Crippen molar-refractivity contribution in [1.29, 1.82) is 0 Å². The lowest BCUT2D eigenvalue weighted by atomic mass is 10.3.